The molecule has 9 heteroatoms. The number of alkyl halides is 3. The zero-order chi connectivity index (χ0) is 25.7. The Balaban J connectivity index is 1.35. The first-order valence-electron chi connectivity index (χ1n) is 12.4. The quantitative estimate of drug-likeness (QED) is 0.604. The second-order valence-electron chi connectivity index (χ2n) is 9.69. The van der Waals surface area contributed by atoms with Crippen molar-refractivity contribution in [2.45, 2.75) is 25.4 Å². The Labute approximate surface area is 209 Å². The molecule has 2 atom stereocenters. The molecule has 0 spiro atoms. The van der Waals surface area contributed by atoms with E-state index in [0.29, 0.717) is 19.5 Å². The van der Waals surface area contributed by atoms with E-state index >= 15 is 0 Å². The molecule has 6 nitrogen and oxygen atoms in total. The number of rotatable bonds is 7. The number of carboxylic acid groups (broad SMARTS) is 1. The zero-order valence-corrected chi connectivity index (χ0v) is 20.2. The van der Waals surface area contributed by atoms with Gasteiger partial charge in [0.05, 0.1) is 5.56 Å². The predicted molar refractivity (Wildman–Crippen MR) is 131 cm³/mol. The number of anilines is 1. The van der Waals surface area contributed by atoms with Crippen LogP contribution in [-0.4, -0.2) is 72.6 Å². The molecule has 0 unspecified atom stereocenters. The lowest BCUT2D eigenvalue weighted by atomic mass is 9.81. The Morgan fingerprint density at radius 1 is 0.889 bits per heavy atom. The van der Waals surface area contributed by atoms with E-state index in [2.05, 4.69) is 21.9 Å². The number of para-hydroxylation sites is 1. The first-order valence-corrected chi connectivity index (χ1v) is 12.4. The average Bonchev–Trinajstić information content (AvgIpc) is 2.88. The minimum absolute atomic E-state index is 0.0234. The van der Waals surface area contributed by atoms with E-state index < -0.39 is 17.7 Å². The van der Waals surface area contributed by atoms with E-state index in [1.807, 2.05) is 18.2 Å². The van der Waals surface area contributed by atoms with Gasteiger partial charge >= 0.3 is 12.1 Å². The van der Waals surface area contributed by atoms with Gasteiger partial charge in [0.15, 0.2) is 0 Å². The summed E-state index contributed by atoms with van der Waals surface area (Å²) in [5, 5.41) is 9.39. The molecule has 0 radical (unpaired) electrons. The monoisotopic (exact) mass is 503 g/mol. The maximum Gasteiger partial charge on any atom is 0.416 e. The number of nitrogens with zero attached hydrogens (tertiary/aromatic N) is 3. The third kappa shape index (κ3) is 6.57. The molecule has 2 aromatic rings. The van der Waals surface area contributed by atoms with Crippen molar-refractivity contribution in [1.82, 2.24) is 9.80 Å². The van der Waals surface area contributed by atoms with Crippen molar-refractivity contribution in [1.29, 1.82) is 0 Å². The van der Waals surface area contributed by atoms with Crippen molar-refractivity contribution in [2.75, 3.05) is 50.7 Å². The summed E-state index contributed by atoms with van der Waals surface area (Å²) in [7, 11) is 0. The van der Waals surface area contributed by atoms with E-state index in [-0.39, 0.29) is 29.7 Å². The fraction of sp³-hybridized carbons (Fsp3) is 0.481. The van der Waals surface area contributed by atoms with Crippen LogP contribution >= 0.6 is 0 Å². The normalized spacial score (nSPS) is 21.4. The van der Waals surface area contributed by atoms with Gasteiger partial charge in [-0.25, -0.2) is 0 Å². The Bertz CT molecular complexity index is 1020. The van der Waals surface area contributed by atoms with Crippen molar-refractivity contribution in [2.24, 2.45) is 11.8 Å². The van der Waals surface area contributed by atoms with Gasteiger partial charge in [-0.1, -0.05) is 18.2 Å². The number of benzene rings is 2. The highest BCUT2D eigenvalue weighted by molar-refractivity contribution is 5.94. The van der Waals surface area contributed by atoms with Gasteiger partial charge in [-0.3, -0.25) is 14.5 Å². The summed E-state index contributed by atoms with van der Waals surface area (Å²) < 4.78 is 38.6. The molecule has 0 aromatic heterocycles. The molecule has 2 aliphatic heterocycles. The number of hydrogen-bond acceptors (Lipinski definition) is 4. The summed E-state index contributed by atoms with van der Waals surface area (Å²) in [6, 6.07) is 14.6. The van der Waals surface area contributed by atoms with Crippen LogP contribution in [0.3, 0.4) is 0 Å². The fourth-order valence-corrected chi connectivity index (χ4v) is 5.29. The van der Waals surface area contributed by atoms with E-state index in [1.165, 1.54) is 17.8 Å². The Kier molecular flexibility index (Phi) is 8.18. The Morgan fingerprint density at radius 3 is 2.17 bits per heavy atom. The van der Waals surface area contributed by atoms with Gasteiger partial charge in [0.25, 0.3) is 5.91 Å². The lowest BCUT2D eigenvalue weighted by molar-refractivity contribution is -0.139. The van der Waals surface area contributed by atoms with E-state index in [1.54, 1.807) is 4.90 Å². The number of halogens is 3. The molecule has 2 heterocycles. The molecule has 0 aliphatic carbocycles. The van der Waals surface area contributed by atoms with Crippen molar-refractivity contribution >= 4 is 17.6 Å². The van der Waals surface area contributed by atoms with Crippen molar-refractivity contribution in [3.05, 3.63) is 65.7 Å². The van der Waals surface area contributed by atoms with Gasteiger partial charge in [0.1, 0.15) is 0 Å². The maximum absolute atomic E-state index is 13.0. The second-order valence-corrected chi connectivity index (χ2v) is 9.69. The van der Waals surface area contributed by atoms with Crippen LogP contribution in [0.4, 0.5) is 18.9 Å². The minimum atomic E-state index is -4.45. The summed E-state index contributed by atoms with van der Waals surface area (Å²) >= 11 is 0. The number of carbonyl (C=O) groups excluding carboxylic acids is 1. The number of aliphatic carboxylic acids is 1. The highest BCUT2D eigenvalue weighted by atomic mass is 19.4. The summed E-state index contributed by atoms with van der Waals surface area (Å²) in [5.41, 5.74) is 0.642. The van der Waals surface area contributed by atoms with E-state index in [4.69, 9.17) is 0 Å². The van der Waals surface area contributed by atoms with Crippen LogP contribution in [0.5, 0.6) is 0 Å². The number of amides is 1. The van der Waals surface area contributed by atoms with Crippen LogP contribution in [0, 0.1) is 11.8 Å². The molecule has 2 fully saturated rings. The average molecular weight is 504 g/mol. The van der Waals surface area contributed by atoms with Gasteiger partial charge in [-0.2, -0.15) is 13.2 Å². The SMILES string of the molecule is O=C(O)C[C@@H]1CCN(C(=O)c2ccc(C(F)(F)F)cc2)C[C@H]1CCN1CCN(c2ccccc2)CC1. The number of carboxylic acids is 1. The molecular formula is C27H32F3N3O3. The lowest BCUT2D eigenvalue weighted by Gasteiger charge is -2.40. The smallest absolute Gasteiger partial charge is 0.416 e. The van der Waals surface area contributed by atoms with Crippen LogP contribution < -0.4 is 4.90 Å². The van der Waals surface area contributed by atoms with Crippen LogP contribution in [0.15, 0.2) is 54.6 Å². The molecule has 4 rings (SSSR count). The van der Waals surface area contributed by atoms with E-state index in [9.17, 15) is 27.9 Å². The molecule has 36 heavy (non-hydrogen) atoms. The van der Waals surface area contributed by atoms with Gasteiger partial charge in [-0.05, 0) is 67.6 Å². The van der Waals surface area contributed by atoms with Crippen LogP contribution in [0.1, 0.15) is 35.2 Å². The number of hydrogen-bond donors (Lipinski definition) is 1. The summed E-state index contributed by atoms with van der Waals surface area (Å²) in [5.74, 6) is -1.15. The van der Waals surface area contributed by atoms with Crippen molar-refractivity contribution in [3.8, 4) is 0 Å². The van der Waals surface area contributed by atoms with Crippen LogP contribution in [0.25, 0.3) is 0 Å². The molecule has 2 aromatic carbocycles. The van der Waals surface area contributed by atoms with Crippen LogP contribution in [0.2, 0.25) is 0 Å². The van der Waals surface area contributed by atoms with Crippen LogP contribution in [-0.2, 0) is 11.0 Å². The first-order chi connectivity index (χ1) is 17.2. The third-order valence-electron chi connectivity index (χ3n) is 7.38. The first kappa shape index (κ1) is 26.0. The molecule has 1 amide bonds. The largest absolute Gasteiger partial charge is 0.481 e. The van der Waals surface area contributed by atoms with Gasteiger partial charge < -0.3 is 14.9 Å². The van der Waals surface area contributed by atoms with Crippen molar-refractivity contribution < 1.29 is 27.9 Å². The molecule has 194 valence electrons. The van der Waals surface area contributed by atoms with Gasteiger partial charge in [0, 0.05) is 56.9 Å². The number of carbonyl (C=O) groups is 2. The standard InChI is InChI=1S/C27H32F3N3O3/c28-27(29,30)23-8-6-20(7-9-23)26(36)33-13-11-21(18-25(34)35)22(19-33)10-12-31-14-16-32(17-15-31)24-4-2-1-3-5-24/h1-9,21-22H,10-19H2,(H,34,35)/t21-,22+/m0/s1. The Hall–Kier alpha value is -3.07. The second kappa shape index (κ2) is 11.3. The Morgan fingerprint density at radius 2 is 1.56 bits per heavy atom. The number of piperazine rings is 1. The minimum Gasteiger partial charge on any atom is -0.481 e. The summed E-state index contributed by atoms with van der Waals surface area (Å²) in [6.07, 6.45) is -3.03. The molecular weight excluding hydrogens is 471 g/mol. The van der Waals surface area contributed by atoms with Crippen molar-refractivity contribution in [3.63, 3.8) is 0 Å². The number of piperidine rings is 1. The molecule has 0 saturated carbocycles. The molecule has 0 bridgehead atoms. The van der Waals surface area contributed by atoms with Gasteiger partial charge in [-0.15, -0.1) is 0 Å². The topological polar surface area (TPSA) is 64.1 Å². The van der Waals surface area contributed by atoms with E-state index in [0.717, 1.165) is 51.3 Å². The predicted octanol–water partition coefficient (Wildman–Crippen LogP) is 4.47. The lowest BCUT2D eigenvalue weighted by Crippen LogP contribution is -2.48. The third-order valence-corrected chi connectivity index (χ3v) is 7.38. The van der Waals surface area contributed by atoms with Gasteiger partial charge in [0.2, 0.25) is 0 Å². The fourth-order valence-electron chi connectivity index (χ4n) is 5.29. The molecule has 1 N–H and O–H groups in total. The molecule has 2 aliphatic rings. The maximum atomic E-state index is 13.0. The number of likely N-dealkylation sites (tertiary alicyclic amines) is 1. The highest BCUT2D eigenvalue weighted by Crippen LogP contribution is 2.32. The highest BCUT2D eigenvalue weighted by Gasteiger charge is 2.34. The molecule has 2 saturated heterocycles. The summed E-state index contributed by atoms with van der Waals surface area (Å²) in [4.78, 5) is 30.9. The summed E-state index contributed by atoms with van der Waals surface area (Å²) in [6.45, 7) is 5.33. The zero-order valence-electron chi connectivity index (χ0n) is 20.2.